The Labute approximate surface area is 74.4 Å². The largest absolute Gasteiger partial charge is 0.479 e. The summed E-state index contributed by atoms with van der Waals surface area (Å²) in [5.74, 6) is -1.36. The Balaban J connectivity index is 2.76. The summed E-state index contributed by atoms with van der Waals surface area (Å²) in [6.45, 7) is 1.43. The Morgan fingerprint density at radius 3 is 2.15 bits per heavy atom. The number of aliphatic hydroxyl groups excluding tert-OH is 3. The van der Waals surface area contributed by atoms with E-state index in [0.29, 0.717) is 0 Å². The van der Waals surface area contributed by atoms with Gasteiger partial charge in [-0.25, -0.2) is 4.79 Å². The summed E-state index contributed by atoms with van der Waals surface area (Å²) in [6.07, 6.45) is -6.62. The van der Waals surface area contributed by atoms with Crippen LogP contribution < -0.4 is 0 Å². The lowest BCUT2D eigenvalue weighted by atomic mass is 9.96. The van der Waals surface area contributed by atoms with E-state index in [1.165, 1.54) is 6.92 Å². The van der Waals surface area contributed by atoms with Gasteiger partial charge in [-0.15, -0.1) is 0 Å². The van der Waals surface area contributed by atoms with Gasteiger partial charge in [0.2, 0.25) is 0 Å². The molecule has 6 nitrogen and oxygen atoms in total. The molecule has 1 saturated heterocycles. The van der Waals surface area contributed by atoms with Gasteiger partial charge >= 0.3 is 5.97 Å². The molecule has 2 unspecified atom stereocenters. The molecule has 4 N–H and O–H groups in total. The third-order valence-electron chi connectivity index (χ3n) is 2.10. The number of hydrogen-bond acceptors (Lipinski definition) is 5. The highest BCUT2D eigenvalue weighted by molar-refractivity contribution is 5.73. The average Bonchev–Trinajstić information content (AvgIpc) is 2.07. The van der Waals surface area contributed by atoms with Gasteiger partial charge in [0.1, 0.15) is 18.3 Å². The van der Waals surface area contributed by atoms with Crippen LogP contribution in [0.1, 0.15) is 6.92 Å². The van der Waals surface area contributed by atoms with Crippen LogP contribution in [0.2, 0.25) is 0 Å². The van der Waals surface area contributed by atoms with Crippen molar-refractivity contribution < 1.29 is 30.0 Å². The summed E-state index contributed by atoms with van der Waals surface area (Å²) >= 11 is 0. The highest BCUT2D eigenvalue weighted by atomic mass is 16.6. The van der Waals surface area contributed by atoms with Crippen LogP contribution in [-0.4, -0.2) is 56.9 Å². The summed E-state index contributed by atoms with van der Waals surface area (Å²) in [7, 11) is 0. The zero-order valence-electron chi connectivity index (χ0n) is 6.99. The van der Waals surface area contributed by atoms with Gasteiger partial charge in [-0.1, -0.05) is 0 Å². The first-order valence-corrected chi connectivity index (χ1v) is 3.87. The van der Waals surface area contributed by atoms with Crippen LogP contribution in [0.4, 0.5) is 0 Å². The van der Waals surface area contributed by atoms with Crippen molar-refractivity contribution >= 4 is 5.97 Å². The summed E-state index contributed by atoms with van der Waals surface area (Å²) in [5.41, 5.74) is 0. The number of carbonyl (C=O) groups is 1. The maximum absolute atomic E-state index is 10.5. The highest BCUT2D eigenvalue weighted by Gasteiger charge is 2.44. The lowest BCUT2D eigenvalue weighted by molar-refractivity contribution is -0.223. The van der Waals surface area contributed by atoms with Crippen LogP contribution in [0, 0.1) is 0 Å². The van der Waals surface area contributed by atoms with Crippen molar-refractivity contribution in [1.29, 1.82) is 0 Å². The molecule has 0 aromatic rings. The van der Waals surface area contributed by atoms with Crippen molar-refractivity contribution in [2.24, 2.45) is 0 Å². The van der Waals surface area contributed by atoms with E-state index in [4.69, 9.17) is 9.84 Å². The Morgan fingerprint density at radius 1 is 1.15 bits per heavy atom. The van der Waals surface area contributed by atoms with E-state index in [-0.39, 0.29) is 0 Å². The maximum Gasteiger partial charge on any atom is 0.335 e. The van der Waals surface area contributed by atoms with Gasteiger partial charge in [-0.2, -0.15) is 0 Å². The SMILES string of the molecule is C[C@@H]1OC(C(=O)O)[C@@H](O)C(O)[C@@H]1O. The molecule has 0 bridgehead atoms. The number of carboxylic acid groups (broad SMARTS) is 1. The summed E-state index contributed by atoms with van der Waals surface area (Å²) in [6, 6.07) is 0. The van der Waals surface area contributed by atoms with Gasteiger partial charge in [0.15, 0.2) is 6.10 Å². The predicted octanol–water partition coefficient (Wildman–Crippen LogP) is -2.06. The number of carboxylic acids is 1. The fourth-order valence-corrected chi connectivity index (χ4v) is 1.26. The number of aliphatic carboxylic acids is 1. The molecular formula is C7H12O6. The van der Waals surface area contributed by atoms with Gasteiger partial charge in [0, 0.05) is 0 Å². The van der Waals surface area contributed by atoms with E-state index in [1.807, 2.05) is 0 Å². The second-order valence-electron chi connectivity index (χ2n) is 3.07. The van der Waals surface area contributed by atoms with Gasteiger partial charge in [-0.05, 0) is 6.92 Å². The molecule has 0 aromatic heterocycles. The topological polar surface area (TPSA) is 107 Å². The van der Waals surface area contributed by atoms with Crippen LogP contribution in [0.5, 0.6) is 0 Å². The van der Waals surface area contributed by atoms with Crippen molar-refractivity contribution in [3.8, 4) is 0 Å². The minimum atomic E-state index is -1.59. The van der Waals surface area contributed by atoms with Crippen molar-refractivity contribution in [2.45, 2.75) is 37.4 Å². The van der Waals surface area contributed by atoms with Crippen LogP contribution in [0.25, 0.3) is 0 Å². The van der Waals surface area contributed by atoms with E-state index in [1.54, 1.807) is 0 Å². The molecule has 1 aliphatic rings. The summed E-state index contributed by atoms with van der Waals surface area (Å²) in [4.78, 5) is 10.5. The van der Waals surface area contributed by atoms with Gasteiger partial charge in [-0.3, -0.25) is 0 Å². The zero-order chi connectivity index (χ0) is 10.2. The van der Waals surface area contributed by atoms with E-state index in [0.717, 1.165) is 0 Å². The number of aliphatic hydroxyl groups is 3. The molecule has 5 atom stereocenters. The third-order valence-corrected chi connectivity index (χ3v) is 2.10. The fourth-order valence-electron chi connectivity index (χ4n) is 1.26. The highest BCUT2D eigenvalue weighted by Crippen LogP contribution is 2.20. The molecule has 6 heteroatoms. The Morgan fingerprint density at radius 2 is 1.69 bits per heavy atom. The van der Waals surface area contributed by atoms with Crippen LogP contribution in [-0.2, 0) is 9.53 Å². The Bertz CT molecular complexity index is 205. The molecule has 76 valence electrons. The molecule has 1 fully saturated rings. The van der Waals surface area contributed by atoms with Crippen molar-refractivity contribution in [2.75, 3.05) is 0 Å². The Hall–Kier alpha value is -0.690. The van der Waals surface area contributed by atoms with E-state index in [2.05, 4.69) is 0 Å². The monoisotopic (exact) mass is 192 g/mol. The first-order chi connectivity index (χ1) is 5.95. The lowest BCUT2D eigenvalue weighted by Gasteiger charge is -2.37. The lowest BCUT2D eigenvalue weighted by Crippen LogP contribution is -2.58. The Kier molecular flexibility index (Phi) is 2.87. The van der Waals surface area contributed by atoms with Crippen LogP contribution in [0.3, 0.4) is 0 Å². The average molecular weight is 192 g/mol. The molecule has 0 aromatic carbocycles. The minimum absolute atomic E-state index is 0.806. The van der Waals surface area contributed by atoms with Crippen molar-refractivity contribution in [3.63, 3.8) is 0 Å². The first-order valence-electron chi connectivity index (χ1n) is 3.87. The minimum Gasteiger partial charge on any atom is -0.479 e. The van der Waals surface area contributed by atoms with E-state index >= 15 is 0 Å². The first kappa shape index (κ1) is 10.4. The molecule has 0 aliphatic carbocycles. The number of hydrogen-bond donors (Lipinski definition) is 4. The third kappa shape index (κ3) is 1.80. The molecule has 0 radical (unpaired) electrons. The van der Waals surface area contributed by atoms with Gasteiger partial charge < -0.3 is 25.2 Å². The number of ether oxygens (including phenoxy) is 1. The van der Waals surface area contributed by atoms with Crippen LogP contribution in [0.15, 0.2) is 0 Å². The molecule has 1 rings (SSSR count). The molecule has 13 heavy (non-hydrogen) atoms. The van der Waals surface area contributed by atoms with Crippen LogP contribution >= 0.6 is 0 Å². The summed E-state index contributed by atoms with van der Waals surface area (Å²) < 4.78 is 4.78. The molecule has 0 spiro atoms. The standard InChI is InChI=1S/C7H12O6/c1-2-3(8)4(9)5(10)6(13-2)7(11)12/h2-6,8-10H,1H3,(H,11,12)/t2-,3+,4?,5-,6?/m0/s1. The fraction of sp³-hybridized carbons (Fsp3) is 0.857. The van der Waals surface area contributed by atoms with Gasteiger partial charge in [0.05, 0.1) is 6.10 Å². The second-order valence-corrected chi connectivity index (χ2v) is 3.07. The van der Waals surface area contributed by atoms with E-state index in [9.17, 15) is 20.1 Å². The van der Waals surface area contributed by atoms with Crippen molar-refractivity contribution in [1.82, 2.24) is 0 Å². The quantitative estimate of drug-likeness (QED) is 0.380. The van der Waals surface area contributed by atoms with Crippen molar-refractivity contribution in [3.05, 3.63) is 0 Å². The predicted molar refractivity (Wildman–Crippen MR) is 40.0 cm³/mol. The molecule has 0 saturated carbocycles. The zero-order valence-corrected chi connectivity index (χ0v) is 6.99. The number of rotatable bonds is 1. The molecule has 0 amide bonds. The van der Waals surface area contributed by atoms with E-state index < -0.39 is 36.5 Å². The molecule has 1 heterocycles. The smallest absolute Gasteiger partial charge is 0.335 e. The second kappa shape index (κ2) is 3.59. The maximum atomic E-state index is 10.5. The van der Waals surface area contributed by atoms with Gasteiger partial charge in [0.25, 0.3) is 0 Å². The summed E-state index contributed by atoms with van der Waals surface area (Å²) in [5, 5.41) is 36.1. The molecular weight excluding hydrogens is 180 g/mol. The normalized spacial score (nSPS) is 46.0. The molecule has 1 aliphatic heterocycles.